The lowest BCUT2D eigenvalue weighted by molar-refractivity contribution is -0.154. The molecule has 122 valence electrons. The van der Waals surface area contributed by atoms with Crippen LogP contribution in [-0.4, -0.2) is 44.8 Å². The van der Waals surface area contributed by atoms with E-state index in [1.54, 1.807) is 0 Å². The zero-order valence-corrected chi connectivity index (χ0v) is 13.8. The van der Waals surface area contributed by atoms with E-state index >= 15 is 0 Å². The number of nitrogens with two attached hydrogens (primary N) is 1. The van der Waals surface area contributed by atoms with Crippen molar-refractivity contribution in [1.29, 1.82) is 0 Å². The Bertz CT molecular complexity index is 662. The van der Waals surface area contributed by atoms with Crippen molar-refractivity contribution in [2.75, 3.05) is 0 Å². The highest BCUT2D eigenvalue weighted by Crippen LogP contribution is 2.50. The normalized spacial score (nSPS) is 28.0. The predicted molar refractivity (Wildman–Crippen MR) is 87.4 cm³/mol. The molecule has 0 unspecified atom stereocenters. The van der Waals surface area contributed by atoms with E-state index in [-0.39, 0.29) is 23.6 Å². The zero-order chi connectivity index (χ0) is 16.8. The summed E-state index contributed by atoms with van der Waals surface area (Å²) in [5.41, 5.74) is 6.33. The van der Waals surface area contributed by atoms with Crippen molar-refractivity contribution in [3.8, 4) is 0 Å². The van der Waals surface area contributed by atoms with Crippen LogP contribution in [0, 0.1) is 0 Å². The lowest BCUT2D eigenvalue weighted by Gasteiger charge is -2.43. The molecule has 7 heteroatoms. The average molecular weight is 333 g/mol. The van der Waals surface area contributed by atoms with Crippen molar-refractivity contribution >= 4 is 29.5 Å². The number of β-lactam (4-membered cyclic amide) rings is 1. The van der Waals surface area contributed by atoms with Gasteiger partial charge in [0.25, 0.3) is 0 Å². The maximum absolute atomic E-state index is 12.3. The van der Waals surface area contributed by atoms with E-state index in [0.29, 0.717) is 0 Å². The fourth-order valence-electron chi connectivity index (χ4n) is 3.21. The summed E-state index contributed by atoms with van der Waals surface area (Å²) < 4.78 is -0.453. The molecular weight excluding hydrogens is 314 g/mol. The van der Waals surface area contributed by atoms with Crippen LogP contribution < -0.4 is 11.1 Å². The first-order valence-corrected chi connectivity index (χ1v) is 8.32. The third-order valence-corrected chi connectivity index (χ3v) is 5.81. The maximum Gasteiger partial charge on any atom is 0.249 e. The van der Waals surface area contributed by atoms with E-state index in [0.717, 1.165) is 5.56 Å². The number of benzene rings is 1. The van der Waals surface area contributed by atoms with Gasteiger partial charge in [-0.25, -0.2) is 0 Å². The summed E-state index contributed by atoms with van der Waals surface area (Å²) in [6.07, 6.45) is 0.227. The van der Waals surface area contributed by atoms with Crippen molar-refractivity contribution < 1.29 is 14.4 Å². The summed E-state index contributed by atoms with van der Waals surface area (Å²) in [6, 6.07) is 8.13. The molecule has 2 fully saturated rings. The molecule has 0 bridgehead atoms. The van der Waals surface area contributed by atoms with Crippen LogP contribution in [0.25, 0.3) is 0 Å². The quantitative estimate of drug-likeness (QED) is 0.773. The second kappa shape index (κ2) is 5.56. The van der Waals surface area contributed by atoms with Gasteiger partial charge in [0.05, 0.1) is 6.42 Å². The van der Waals surface area contributed by atoms with Crippen LogP contribution in [-0.2, 0) is 20.8 Å². The highest BCUT2D eigenvalue weighted by atomic mass is 32.2. The Morgan fingerprint density at radius 1 is 1.30 bits per heavy atom. The molecule has 6 nitrogen and oxygen atoms in total. The number of carbonyl (C=O) groups excluding carboxylic acids is 3. The average Bonchev–Trinajstić information content (AvgIpc) is 2.74. The number of hydrogen-bond acceptors (Lipinski definition) is 4. The first-order valence-electron chi connectivity index (χ1n) is 7.44. The van der Waals surface area contributed by atoms with Crippen molar-refractivity contribution in [1.82, 2.24) is 10.2 Å². The van der Waals surface area contributed by atoms with E-state index in [4.69, 9.17) is 5.73 Å². The number of rotatable bonds is 4. The standard InChI is InChI=1S/C16H19N3O3S/c1-16(2)12(13(17)21)19-14(22)11(15(19)23-16)18-10(20)8-9-6-4-3-5-7-9/h3-7,11-12,15H,8H2,1-2H3,(H2,17,21)(H,18,20)/t11-,12+,15+/m1/s1. The van der Waals surface area contributed by atoms with Gasteiger partial charge in [0, 0.05) is 4.75 Å². The summed E-state index contributed by atoms with van der Waals surface area (Å²) in [5.74, 6) is -0.944. The van der Waals surface area contributed by atoms with Crippen molar-refractivity contribution in [2.24, 2.45) is 5.73 Å². The van der Waals surface area contributed by atoms with Gasteiger partial charge in [0.15, 0.2) is 0 Å². The van der Waals surface area contributed by atoms with Crippen LogP contribution in [0.3, 0.4) is 0 Å². The summed E-state index contributed by atoms with van der Waals surface area (Å²) in [6.45, 7) is 3.78. The van der Waals surface area contributed by atoms with Crippen LogP contribution >= 0.6 is 11.8 Å². The number of amides is 3. The number of nitrogens with one attached hydrogen (secondary N) is 1. The van der Waals surface area contributed by atoms with Crippen LogP contribution in [0.15, 0.2) is 30.3 Å². The summed E-state index contributed by atoms with van der Waals surface area (Å²) in [4.78, 5) is 37.6. The molecule has 2 saturated heterocycles. The van der Waals surface area contributed by atoms with Gasteiger partial charge in [-0.1, -0.05) is 30.3 Å². The molecule has 2 aliphatic rings. The molecule has 2 aliphatic heterocycles. The first kappa shape index (κ1) is 15.9. The van der Waals surface area contributed by atoms with Gasteiger partial charge in [0.1, 0.15) is 17.5 Å². The van der Waals surface area contributed by atoms with Crippen molar-refractivity contribution in [2.45, 2.75) is 42.5 Å². The molecule has 2 heterocycles. The van der Waals surface area contributed by atoms with Gasteiger partial charge in [-0.3, -0.25) is 14.4 Å². The Hall–Kier alpha value is -2.02. The second-order valence-electron chi connectivity index (χ2n) is 6.37. The fourth-order valence-corrected chi connectivity index (χ4v) is 4.86. The van der Waals surface area contributed by atoms with Gasteiger partial charge in [-0.05, 0) is 19.4 Å². The fraction of sp³-hybridized carbons (Fsp3) is 0.438. The Labute approximate surface area is 138 Å². The van der Waals surface area contributed by atoms with E-state index in [1.165, 1.54) is 16.7 Å². The third kappa shape index (κ3) is 2.69. The van der Waals surface area contributed by atoms with Crippen LogP contribution in [0.1, 0.15) is 19.4 Å². The van der Waals surface area contributed by atoms with Crippen molar-refractivity contribution in [3.05, 3.63) is 35.9 Å². The van der Waals surface area contributed by atoms with E-state index in [1.807, 2.05) is 44.2 Å². The molecular formula is C16H19N3O3S. The monoisotopic (exact) mass is 333 g/mol. The number of hydrogen-bond donors (Lipinski definition) is 2. The molecule has 1 aromatic carbocycles. The topological polar surface area (TPSA) is 92.5 Å². The molecule has 1 aromatic rings. The molecule has 3 N–H and O–H groups in total. The highest BCUT2D eigenvalue weighted by molar-refractivity contribution is 8.01. The molecule has 3 amide bonds. The minimum Gasteiger partial charge on any atom is -0.368 e. The smallest absolute Gasteiger partial charge is 0.249 e. The third-order valence-electron chi connectivity index (χ3n) is 4.23. The Morgan fingerprint density at radius 3 is 2.57 bits per heavy atom. The Balaban J connectivity index is 1.66. The van der Waals surface area contributed by atoms with E-state index < -0.39 is 22.7 Å². The van der Waals surface area contributed by atoms with Crippen LogP contribution in [0.4, 0.5) is 0 Å². The number of fused-ring (bicyclic) bond motifs is 1. The number of carbonyl (C=O) groups is 3. The molecule has 0 spiro atoms. The van der Waals surface area contributed by atoms with E-state index in [2.05, 4.69) is 5.32 Å². The highest BCUT2D eigenvalue weighted by Gasteiger charge is 2.63. The number of thioether (sulfide) groups is 1. The molecule has 23 heavy (non-hydrogen) atoms. The first-order chi connectivity index (χ1) is 10.8. The van der Waals surface area contributed by atoms with Gasteiger partial charge in [0.2, 0.25) is 17.7 Å². The minimum absolute atomic E-state index is 0.199. The minimum atomic E-state index is -0.632. The van der Waals surface area contributed by atoms with Gasteiger partial charge >= 0.3 is 0 Å². The number of primary amides is 1. The van der Waals surface area contributed by atoms with Crippen LogP contribution in [0.2, 0.25) is 0 Å². The lowest BCUT2D eigenvalue weighted by Crippen LogP contribution is -2.71. The lowest BCUT2D eigenvalue weighted by atomic mass is 9.95. The maximum atomic E-state index is 12.3. The molecule has 0 radical (unpaired) electrons. The molecule has 0 saturated carbocycles. The molecule has 3 rings (SSSR count). The molecule has 3 atom stereocenters. The largest absolute Gasteiger partial charge is 0.368 e. The summed E-state index contributed by atoms with van der Waals surface area (Å²) in [5, 5.41) is 2.55. The summed E-state index contributed by atoms with van der Waals surface area (Å²) in [7, 11) is 0. The number of nitrogens with zero attached hydrogens (tertiary/aromatic N) is 1. The molecule has 0 aliphatic carbocycles. The van der Waals surface area contributed by atoms with Crippen molar-refractivity contribution in [3.63, 3.8) is 0 Å². The van der Waals surface area contributed by atoms with Crippen LogP contribution in [0.5, 0.6) is 0 Å². The van der Waals surface area contributed by atoms with E-state index in [9.17, 15) is 14.4 Å². The Kier molecular flexibility index (Phi) is 3.83. The van der Waals surface area contributed by atoms with Gasteiger partial charge < -0.3 is 16.0 Å². The molecule has 0 aromatic heterocycles. The summed E-state index contributed by atoms with van der Waals surface area (Å²) >= 11 is 1.50. The second-order valence-corrected chi connectivity index (χ2v) is 8.14. The zero-order valence-electron chi connectivity index (χ0n) is 13.0. The van der Waals surface area contributed by atoms with Gasteiger partial charge in [-0.15, -0.1) is 11.8 Å². The predicted octanol–water partition coefficient (Wildman–Crippen LogP) is 0.262. The SMILES string of the molecule is CC1(C)S[C@H]2[C@H](NC(=O)Cc3ccccc3)C(=O)N2[C@H]1C(N)=O. The van der Waals surface area contributed by atoms with Gasteiger partial charge in [-0.2, -0.15) is 0 Å². The Morgan fingerprint density at radius 2 is 1.96 bits per heavy atom.